The van der Waals surface area contributed by atoms with Gasteiger partial charge in [-0.15, -0.1) is 0 Å². The van der Waals surface area contributed by atoms with Crippen molar-refractivity contribution in [2.24, 2.45) is 0 Å². The van der Waals surface area contributed by atoms with Gasteiger partial charge in [0, 0.05) is 5.02 Å². The highest BCUT2D eigenvalue weighted by Crippen LogP contribution is 2.03. The van der Waals surface area contributed by atoms with E-state index in [2.05, 4.69) is 0 Å². The van der Waals surface area contributed by atoms with Crippen LogP contribution in [0.25, 0.3) is 0 Å². The van der Waals surface area contributed by atoms with Crippen LogP contribution < -0.4 is 5.46 Å². The summed E-state index contributed by atoms with van der Waals surface area (Å²) in [6.45, 7) is 0. The van der Waals surface area contributed by atoms with Crippen LogP contribution in [0.5, 0.6) is 0 Å². The maximum absolute atomic E-state index is 8.69. The molecule has 0 amide bonds. The van der Waals surface area contributed by atoms with Crippen LogP contribution in [0.15, 0.2) is 24.2 Å². The Morgan fingerprint density at radius 1 is 1.40 bits per heavy atom. The molecule has 1 aromatic rings. The summed E-state index contributed by atoms with van der Waals surface area (Å²) in [5.41, 5.74) is 0.161. The molecule has 0 aliphatic carbocycles. The molecule has 0 aliphatic rings. The number of halogens is 1. The van der Waals surface area contributed by atoms with Crippen LogP contribution in [0, 0.1) is 0 Å². The second kappa shape index (κ2) is 3.06. The number of rotatable bonds is 1. The maximum atomic E-state index is 8.69. The first-order valence-electron chi connectivity index (χ1n) is 3.23. The van der Waals surface area contributed by atoms with Gasteiger partial charge in [0.25, 0.3) is 0 Å². The smallest absolute Gasteiger partial charge is 0.423 e. The van der Waals surface area contributed by atoms with Gasteiger partial charge in [-0.2, -0.15) is 0 Å². The highest BCUT2D eigenvalue weighted by molar-refractivity contribution is 6.58. The van der Waals surface area contributed by atoms with Crippen LogP contribution in [0.2, 0.25) is 5.02 Å². The fourth-order valence-electron chi connectivity index (χ4n) is 0.578. The molecule has 0 saturated heterocycles. The summed E-state index contributed by atoms with van der Waals surface area (Å²) in [6, 6.07) is 4.31. The van der Waals surface area contributed by atoms with Crippen molar-refractivity contribution in [2.75, 3.05) is 0 Å². The Balaban J connectivity index is 3.09. The first-order valence-corrected chi connectivity index (χ1v) is 3.11. The molecule has 1 aromatic carbocycles. The first kappa shape index (κ1) is 6.22. The van der Waals surface area contributed by atoms with Crippen molar-refractivity contribution in [3.63, 3.8) is 0 Å². The van der Waals surface area contributed by atoms with Crippen molar-refractivity contribution in [1.29, 1.82) is 0 Å². The average molecular weight is 157 g/mol. The van der Waals surface area contributed by atoms with Gasteiger partial charge in [0.2, 0.25) is 0 Å². The summed E-state index contributed by atoms with van der Waals surface area (Å²) in [5.74, 6) is 0. The molecule has 0 aromatic heterocycles. The summed E-state index contributed by atoms with van der Waals surface area (Å²) in [7, 11) is -1.60. The fourth-order valence-corrected chi connectivity index (χ4v) is 0.696. The van der Waals surface area contributed by atoms with E-state index in [1.165, 1.54) is 18.2 Å². The third kappa shape index (κ3) is 1.74. The van der Waals surface area contributed by atoms with E-state index >= 15 is 0 Å². The van der Waals surface area contributed by atoms with E-state index in [1.807, 2.05) is 0 Å². The Morgan fingerprint density at radius 2 is 2.10 bits per heavy atom. The summed E-state index contributed by atoms with van der Waals surface area (Å²) < 4.78 is 7.24. The molecule has 0 radical (unpaired) electrons. The van der Waals surface area contributed by atoms with Crippen LogP contribution in [-0.2, 0) is 0 Å². The average Bonchev–Trinajstić information content (AvgIpc) is 1.85. The zero-order valence-corrected chi connectivity index (χ0v) is 5.84. The largest absolute Gasteiger partial charge is 0.488 e. The van der Waals surface area contributed by atoms with Crippen molar-refractivity contribution >= 4 is 24.2 Å². The van der Waals surface area contributed by atoms with E-state index in [0.717, 1.165) is 0 Å². The van der Waals surface area contributed by atoms with E-state index in [4.69, 9.17) is 23.0 Å². The molecule has 0 atom stereocenters. The van der Waals surface area contributed by atoms with E-state index in [9.17, 15) is 0 Å². The second-order valence-corrected chi connectivity index (χ2v) is 2.27. The molecule has 0 bridgehead atoms. The van der Waals surface area contributed by atoms with Gasteiger partial charge in [-0.1, -0.05) is 23.7 Å². The monoisotopic (exact) mass is 157 g/mol. The first-order chi connectivity index (χ1) is 5.11. The number of hydrogen-bond acceptors (Lipinski definition) is 2. The van der Waals surface area contributed by atoms with Crippen LogP contribution >= 0.6 is 11.6 Å². The Labute approximate surface area is 65.6 Å². The van der Waals surface area contributed by atoms with E-state index < -0.39 is 7.12 Å². The summed E-state index contributed by atoms with van der Waals surface area (Å²) in [5, 5.41) is 17.8. The quantitative estimate of drug-likeness (QED) is 0.564. The van der Waals surface area contributed by atoms with E-state index in [1.54, 1.807) is 0 Å². The molecular formula is C6H6BClO2. The Kier molecular flexibility index (Phi) is 1.90. The van der Waals surface area contributed by atoms with Crippen molar-refractivity contribution in [3.8, 4) is 0 Å². The van der Waals surface area contributed by atoms with Crippen LogP contribution in [-0.4, -0.2) is 17.2 Å². The zero-order chi connectivity index (χ0) is 8.43. The lowest BCUT2D eigenvalue weighted by molar-refractivity contribution is 0.426. The molecule has 4 heteroatoms. The van der Waals surface area contributed by atoms with E-state index in [0.29, 0.717) is 5.02 Å². The molecule has 0 fully saturated rings. The van der Waals surface area contributed by atoms with Gasteiger partial charge in [0.15, 0.2) is 0 Å². The maximum Gasteiger partial charge on any atom is 0.488 e. The van der Waals surface area contributed by atoms with Gasteiger partial charge in [-0.3, -0.25) is 0 Å². The minimum absolute atomic E-state index is 0.0347. The minimum atomic E-state index is -1.60. The predicted molar refractivity (Wildman–Crippen MR) is 41.3 cm³/mol. The lowest BCUT2D eigenvalue weighted by atomic mass is 9.81. The predicted octanol–water partition coefficient (Wildman–Crippen LogP) is 0.0198. The molecule has 0 unspecified atom stereocenters. The second-order valence-electron chi connectivity index (χ2n) is 1.84. The Morgan fingerprint density at radius 3 is 2.60 bits per heavy atom. The topological polar surface area (TPSA) is 40.5 Å². The molecule has 0 aliphatic heterocycles. The Bertz CT molecular complexity index is 267. The highest BCUT2D eigenvalue weighted by atomic mass is 35.5. The SMILES string of the molecule is [2H]c1cc(Cl)ccc1B(O)O. The lowest BCUT2D eigenvalue weighted by Gasteiger charge is -1.96. The number of benzene rings is 1. The highest BCUT2D eigenvalue weighted by Gasteiger charge is 2.08. The van der Waals surface area contributed by atoms with Gasteiger partial charge in [0.05, 0.1) is 1.37 Å². The molecule has 1 rings (SSSR count). The normalized spacial score (nSPS) is 10.9. The lowest BCUT2D eigenvalue weighted by Crippen LogP contribution is -2.29. The van der Waals surface area contributed by atoms with Crippen molar-refractivity contribution in [1.82, 2.24) is 0 Å². The molecule has 2 N–H and O–H groups in total. The molecule has 10 heavy (non-hydrogen) atoms. The van der Waals surface area contributed by atoms with E-state index in [-0.39, 0.29) is 11.5 Å². The molecule has 0 saturated carbocycles. The third-order valence-corrected chi connectivity index (χ3v) is 1.31. The number of hydrogen-bond donors (Lipinski definition) is 2. The van der Waals surface area contributed by atoms with Crippen LogP contribution in [0.4, 0.5) is 0 Å². The fraction of sp³-hybridized carbons (Fsp3) is 0. The zero-order valence-electron chi connectivity index (χ0n) is 6.08. The van der Waals surface area contributed by atoms with Gasteiger partial charge in [-0.05, 0) is 17.6 Å². The van der Waals surface area contributed by atoms with Gasteiger partial charge in [0.1, 0.15) is 0 Å². The molecule has 52 valence electrons. The van der Waals surface area contributed by atoms with Crippen molar-refractivity contribution < 1.29 is 11.4 Å². The van der Waals surface area contributed by atoms with Crippen LogP contribution in [0.1, 0.15) is 1.37 Å². The summed E-state index contributed by atoms with van der Waals surface area (Å²) in [6.07, 6.45) is 0. The Hall–Kier alpha value is -0.505. The summed E-state index contributed by atoms with van der Waals surface area (Å²) in [4.78, 5) is 0. The summed E-state index contributed by atoms with van der Waals surface area (Å²) >= 11 is 5.54. The van der Waals surface area contributed by atoms with Gasteiger partial charge < -0.3 is 10.0 Å². The minimum Gasteiger partial charge on any atom is -0.423 e. The molecule has 0 heterocycles. The van der Waals surface area contributed by atoms with Crippen LogP contribution in [0.3, 0.4) is 0 Å². The molecular weight excluding hydrogens is 150 g/mol. The molecule has 2 nitrogen and oxygen atoms in total. The molecule has 0 spiro atoms. The van der Waals surface area contributed by atoms with Gasteiger partial charge in [-0.25, -0.2) is 0 Å². The standard InChI is InChI=1S/C6H6BClO2/c8-6-3-1-5(2-4-6)7(9)10/h1-4,9-10H/i1D. The van der Waals surface area contributed by atoms with Crippen molar-refractivity contribution in [3.05, 3.63) is 29.3 Å². The third-order valence-electron chi connectivity index (χ3n) is 1.08. The van der Waals surface area contributed by atoms with Gasteiger partial charge >= 0.3 is 7.12 Å². The van der Waals surface area contributed by atoms with Crippen molar-refractivity contribution in [2.45, 2.75) is 0 Å².